The zero-order valence-corrected chi connectivity index (χ0v) is 7.79. The zero-order chi connectivity index (χ0) is 9.31. The van der Waals surface area contributed by atoms with Crippen LogP contribution in [0.3, 0.4) is 0 Å². The molecule has 1 N–H and O–H groups in total. The maximum absolute atomic E-state index is 9.70. The van der Waals surface area contributed by atoms with Gasteiger partial charge >= 0.3 is 0 Å². The third-order valence-corrected chi connectivity index (χ3v) is 2.49. The van der Waals surface area contributed by atoms with Gasteiger partial charge in [-0.2, -0.15) is 0 Å². The Bertz CT molecular complexity index is 303. The van der Waals surface area contributed by atoms with Gasteiger partial charge in [-0.1, -0.05) is 12.1 Å². The molecule has 2 rings (SSSR count). The molecule has 0 amide bonds. The molecule has 0 aliphatic heterocycles. The Balaban J connectivity index is 2.11. The van der Waals surface area contributed by atoms with Gasteiger partial charge in [0.05, 0.1) is 12.7 Å². The first-order valence-corrected chi connectivity index (χ1v) is 4.57. The molecule has 1 aliphatic rings. The monoisotopic (exact) mass is 178 g/mol. The maximum Gasteiger partial charge on any atom is 0.119 e. The average Bonchev–Trinajstić information content (AvgIpc) is 2.84. The van der Waals surface area contributed by atoms with Gasteiger partial charge in [-0.25, -0.2) is 0 Å². The summed E-state index contributed by atoms with van der Waals surface area (Å²) in [5, 5.41) is 9.70. The molecule has 0 heterocycles. The van der Waals surface area contributed by atoms with E-state index < -0.39 is 5.60 Å². The molecular formula is C11H14O2. The molecule has 1 aromatic carbocycles. The molecular weight excluding hydrogens is 164 g/mol. The second-order valence-corrected chi connectivity index (χ2v) is 3.75. The van der Waals surface area contributed by atoms with Crippen molar-refractivity contribution < 1.29 is 9.84 Å². The zero-order valence-electron chi connectivity index (χ0n) is 7.79. The number of hydrogen-bond acceptors (Lipinski definition) is 2. The quantitative estimate of drug-likeness (QED) is 0.764. The van der Waals surface area contributed by atoms with Gasteiger partial charge in [0.2, 0.25) is 0 Å². The van der Waals surface area contributed by atoms with E-state index in [9.17, 15) is 5.11 Å². The fourth-order valence-corrected chi connectivity index (χ4v) is 1.48. The molecule has 1 aromatic rings. The lowest BCUT2D eigenvalue weighted by molar-refractivity contribution is 0.151. The van der Waals surface area contributed by atoms with Crippen molar-refractivity contribution >= 4 is 0 Å². The van der Waals surface area contributed by atoms with Crippen LogP contribution in [0.1, 0.15) is 18.4 Å². The number of rotatable bonds is 3. The molecule has 0 aromatic heterocycles. The molecule has 0 spiro atoms. The largest absolute Gasteiger partial charge is 0.497 e. The Kier molecular flexibility index (Phi) is 2.00. The lowest BCUT2D eigenvalue weighted by atomic mass is 10.1. The summed E-state index contributed by atoms with van der Waals surface area (Å²) in [7, 11) is 1.66. The van der Waals surface area contributed by atoms with Gasteiger partial charge in [-0.15, -0.1) is 0 Å². The van der Waals surface area contributed by atoms with Crippen molar-refractivity contribution in [2.24, 2.45) is 0 Å². The molecule has 70 valence electrons. The van der Waals surface area contributed by atoms with Crippen LogP contribution in [0.4, 0.5) is 0 Å². The summed E-state index contributed by atoms with van der Waals surface area (Å²) in [6.07, 6.45) is 2.62. The number of benzene rings is 1. The van der Waals surface area contributed by atoms with Gasteiger partial charge in [0, 0.05) is 6.42 Å². The van der Waals surface area contributed by atoms with Crippen LogP contribution in [0.25, 0.3) is 0 Å². The Morgan fingerprint density at radius 3 is 2.85 bits per heavy atom. The minimum atomic E-state index is -0.410. The van der Waals surface area contributed by atoms with Crippen LogP contribution in [0.15, 0.2) is 24.3 Å². The Hall–Kier alpha value is -1.02. The topological polar surface area (TPSA) is 29.5 Å². The van der Waals surface area contributed by atoms with Crippen LogP contribution >= 0.6 is 0 Å². The first kappa shape index (κ1) is 8.57. The first-order valence-electron chi connectivity index (χ1n) is 4.57. The fourth-order valence-electron chi connectivity index (χ4n) is 1.48. The molecule has 0 unspecified atom stereocenters. The summed E-state index contributed by atoms with van der Waals surface area (Å²) in [6.45, 7) is 0. The number of hydrogen-bond donors (Lipinski definition) is 1. The van der Waals surface area contributed by atoms with E-state index in [-0.39, 0.29) is 0 Å². The fraction of sp³-hybridized carbons (Fsp3) is 0.455. The highest BCUT2D eigenvalue weighted by Crippen LogP contribution is 2.38. The third-order valence-electron chi connectivity index (χ3n) is 2.49. The van der Waals surface area contributed by atoms with Gasteiger partial charge in [-0.3, -0.25) is 0 Å². The third kappa shape index (κ3) is 2.01. The second-order valence-electron chi connectivity index (χ2n) is 3.75. The van der Waals surface area contributed by atoms with Crippen LogP contribution in [-0.2, 0) is 6.42 Å². The summed E-state index contributed by atoms with van der Waals surface area (Å²) >= 11 is 0. The minimum Gasteiger partial charge on any atom is -0.497 e. The van der Waals surface area contributed by atoms with Crippen molar-refractivity contribution in [2.75, 3.05) is 7.11 Å². The van der Waals surface area contributed by atoms with E-state index >= 15 is 0 Å². The number of ether oxygens (including phenoxy) is 1. The van der Waals surface area contributed by atoms with E-state index in [1.807, 2.05) is 24.3 Å². The standard InChI is InChI=1S/C11H14O2/c1-13-10-4-2-3-9(7-10)8-11(12)5-6-11/h2-4,7,12H,5-6,8H2,1H3. The first-order chi connectivity index (χ1) is 6.22. The summed E-state index contributed by atoms with van der Waals surface area (Å²) in [5.74, 6) is 0.863. The van der Waals surface area contributed by atoms with Gasteiger partial charge in [0.15, 0.2) is 0 Å². The summed E-state index contributed by atoms with van der Waals surface area (Å²) in [5.41, 5.74) is 0.742. The van der Waals surface area contributed by atoms with Crippen molar-refractivity contribution in [3.05, 3.63) is 29.8 Å². The molecule has 0 radical (unpaired) electrons. The highest BCUT2D eigenvalue weighted by atomic mass is 16.5. The molecule has 2 heteroatoms. The highest BCUT2D eigenvalue weighted by molar-refractivity contribution is 5.30. The lowest BCUT2D eigenvalue weighted by Crippen LogP contribution is -2.10. The van der Waals surface area contributed by atoms with Crippen LogP contribution in [0.2, 0.25) is 0 Å². The van der Waals surface area contributed by atoms with Gasteiger partial charge < -0.3 is 9.84 Å². The van der Waals surface area contributed by atoms with Crippen molar-refractivity contribution in [2.45, 2.75) is 24.9 Å². The van der Waals surface area contributed by atoms with Gasteiger partial charge in [0.25, 0.3) is 0 Å². The van der Waals surface area contributed by atoms with Crippen LogP contribution in [0.5, 0.6) is 5.75 Å². The van der Waals surface area contributed by atoms with Gasteiger partial charge in [0.1, 0.15) is 5.75 Å². The van der Waals surface area contributed by atoms with E-state index in [2.05, 4.69) is 0 Å². The smallest absolute Gasteiger partial charge is 0.119 e. The molecule has 0 bridgehead atoms. The van der Waals surface area contributed by atoms with Crippen LogP contribution < -0.4 is 4.74 Å². The lowest BCUT2D eigenvalue weighted by Gasteiger charge is -2.08. The Labute approximate surface area is 78.2 Å². The summed E-state index contributed by atoms with van der Waals surface area (Å²) in [4.78, 5) is 0. The summed E-state index contributed by atoms with van der Waals surface area (Å²) in [6, 6.07) is 7.88. The van der Waals surface area contributed by atoms with E-state index in [1.165, 1.54) is 0 Å². The highest BCUT2D eigenvalue weighted by Gasteiger charge is 2.40. The molecule has 0 saturated heterocycles. The summed E-state index contributed by atoms with van der Waals surface area (Å²) < 4.78 is 5.11. The number of aliphatic hydroxyl groups is 1. The van der Waals surface area contributed by atoms with Crippen LogP contribution in [0, 0.1) is 0 Å². The average molecular weight is 178 g/mol. The minimum absolute atomic E-state index is 0.410. The van der Waals surface area contributed by atoms with E-state index in [4.69, 9.17) is 4.74 Å². The van der Waals surface area contributed by atoms with E-state index in [0.29, 0.717) is 0 Å². The van der Waals surface area contributed by atoms with Crippen molar-refractivity contribution in [3.63, 3.8) is 0 Å². The molecule has 0 atom stereocenters. The van der Waals surface area contributed by atoms with Gasteiger partial charge in [-0.05, 0) is 30.5 Å². The van der Waals surface area contributed by atoms with E-state index in [0.717, 1.165) is 30.6 Å². The van der Waals surface area contributed by atoms with Crippen molar-refractivity contribution in [1.82, 2.24) is 0 Å². The molecule has 1 saturated carbocycles. The predicted octanol–water partition coefficient (Wildman–Crippen LogP) is 1.76. The van der Waals surface area contributed by atoms with Crippen molar-refractivity contribution in [3.8, 4) is 5.75 Å². The van der Waals surface area contributed by atoms with Crippen molar-refractivity contribution in [1.29, 1.82) is 0 Å². The maximum atomic E-state index is 9.70. The molecule has 1 aliphatic carbocycles. The number of methoxy groups -OCH3 is 1. The molecule has 13 heavy (non-hydrogen) atoms. The second kappa shape index (κ2) is 3.04. The Morgan fingerprint density at radius 1 is 1.46 bits per heavy atom. The molecule has 2 nitrogen and oxygen atoms in total. The van der Waals surface area contributed by atoms with E-state index in [1.54, 1.807) is 7.11 Å². The Morgan fingerprint density at radius 2 is 2.23 bits per heavy atom. The normalized spacial score (nSPS) is 18.3. The SMILES string of the molecule is COc1cccc(CC2(O)CC2)c1. The molecule has 1 fully saturated rings. The predicted molar refractivity (Wildman–Crippen MR) is 50.9 cm³/mol. The van der Waals surface area contributed by atoms with Crippen LogP contribution in [-0.4, -0.2) is 17.8 Å².